The van der Waals surface area contributed by atoms with Crippen molar-refractivity contribution in [3.8, 4) is 0 Å². The molecule has 0 aliphatic rings. The second-order valence-electron chi connectivity index (χ2n) is 4.05. The summed E-state index contributed by atoms with van der Waals surface area (Å²) in [4.78, 5) is 1.32. The molecular weight excluding hydrogens is 346 g/mol. The van der Waals surface area contributed by atoms with Gasteiger partial charge in [0.2, 0.25) is 0 Å². The third-order valence-corrected chi connectivity index (χ3v) is 4.63. The summed E-state index contributed by atoms with van der Waals surface area (Å²) < 4.78 is 6.73. The maximum Gasteiger partial charge on any atom is 0.0731 e. The van der Waals surface area contributed by atoms with Crippen molar-refractivity contribution in [3.05, 3.63) is 55.6 Å². The highest BCUT2D eigenvalue weighted by atomic mass is 79.9. The summed E-state index contributed by atoms with van der Waals surface area (Å²) >= 11 is 11.2. The molecule has 0 unspecified atom stereocenters. The van der Waals surface area contributed by atoms with Crippen LogP contribution >= 0.6 is 38.9 Å². The van der Waals surface area contributed by atoms with Gasteiger partial charge in [-0.05, 0) is 33.6 Å². The lowest BCUT2D eigenvalue weighted by molar-refractivity contribution is 0.122. The van der Waals surface area contributed by atoms with E-state index in [1.807, 2.05) is 24.3 Å². The molecule has 0 saturated carbocycles. The lowest BCUT2D eigenvalue weighted by Crippen LogP contribution is -2.18. The van der Waals surface area contributed by atoms with Crippen molar-refractivity contribution in [2.75, 3.05) is 13.2 Å². The Morgan fingerprint density at radius 3 is 2.89 bits per heavy atom. The van der Waals surface area contributed by atoms with Gasteiger partial charge in [0.25, 0.3) is 0 Å². The van der Waals surface area contributed by atoms with Gasteiger partial charge in [0.05, 0.1) is 13.2 Å². The maximum atomic E-state index is 6.05. The molecule has 2 aromatic rings. The van der Waals surface area contributed by atoms with Crippen LogP contribution in [0.5, 0.6) is 0 Å². The predicted molar refractivity (Wildman–Crippen MR) is 84.8 cm³/mol. The molecule has 1 aromatic heterocycles. The fourth-order valence-electron chi connectivity index (χ4n) is 1.60. The highest BCUT2D eigenvalue weighted by Gasteiger charge is 1.99. The summed E-state index contributed by atoms with van der Waals surface area (Å²) in [5, 5.41) is 6.20. The smallest absolute Gasteiger partial charge is 0.0731 e. The highest BCUT2D eigenvalue weighted by molar-refractivity contribution is 9.10. The molecule has 0 atom stereocenters. The van der Waals surface area contributed by atoms with E-state index in [1.165, 1.54) is 4.88 Å². The summed E-state index contributed by atoms with van der Waals surface area (Å²) in [5.41, 5.74) is 1.03. The quantitative estimate of drug-likeness (QED) is 0.736. The molecule has 0 bridgehead atoms. The van der Waals surface area contributed by atoms with E-state index >= 15 is 0 Å². The maximum absolute atomic E-state index is 6.05. The number of hydrogen-bond acceptors (Lipinski definition) is 3. The molecule has 0 aliphatic heterocycles. The Hall–Kier alpha value is -0.390. The Morgan fingerprint density at radius 2 is 2.16 bits per heavy atom. The van der Waals surface area contributed by atoms with Crippen LogP contribution in [0.15, 0.2) is 40.2 Å². The Kier molecular flexibility index (Phi) is 6.34. The number of nitrogens with one attached hydrogen (secondary N) is 1. The molecule has 1 N–H and O–H groups in total. The molecule has 2 nitrogen and oxygen atoms in total. The Labute approximate surface area is 130 Å². The molecule has 19 heavy (non-hydrogen) atoms. The van der Waals surface area contributed by atoms with Crippen LogP contribution < -0.4 is 5.32 Å². The summed E-state index contributed by atoms with van der Waals surface area (Å²) in [7, 11) is 0. The molecule has 0 radical (unpaired) electrons. The lowest BCUT2D eigenvalue weighted by Gasteiger charge is -2.06. The summed E-state index contributed by atoms with van der Waals surface area (Å²) in [5.74, 6) is 0. The lowest BCUT2D eigenvalue weighted by atomic mass is 10.2. The summed E-state index contributed by atoms with van der Waals surface area (Å²) in [6, 6.07) is 9.89. The van der Waals surface area contributed by atoms with Crippen molar-refractivity contribution in [2.45, 2.75) is 13.2 Å². The zero-order valence-corrected chi connectivity index (χ0v) is 13.5. The van der Waals surface area contributed by atoms with E-state index in [0.29, 0.717) is 13.2 Å². The zero-order valence-electron chi connectivity index (χ0n) is 10.4. The van der Waals surface area contributed by atoms with Crippen molar-refractivity contribution in [2.24, 2.45) is 0 Å². The first-order chi connectivity index (χ1) is 9.25. The van der Waals surface area contributed by atoms with E-state index in [1.54, 1.807) is 11.3 Å². The van der Waals surface area contributed by atoms with Gasteiger partial charge in [-0.1, -0.05) is 29.8 Å². The van der Waals surface area contributed by atoms with Crippen LogP contribution in [0.25, 0.3) is 0 Å². The molecule has 0 saturated heterocycles. The third-order valence-electron chi connectivity index (χ3n) is 2.56. The first-order valence-electron chi connectivity index (χ1n) is 6.00. The number of thiophene rings is 1. The van der Waals surface area contributed by atoms with Crippen LogP contribution in [0.2, 0.25) is 5.02 Å². The average Bonchev–Trinajstić information content (AvgIpc) is 2.81. The molecule has 2 rings (SSSR count). The van der Waals surface area contributed by atoms with Gasteiger partial charge in [-0.15, -0.1) is 11.3 Å². The molecule has 1 aromatic carbocycles. The minimum atomic E-state index is 0.561. The van der Waals surface area contributed by atoms with Crippen LogP contribution in [-0.4, -0.2) is 13.2 Å². The van der Waals surface area contributed by atoms with Gasteiger partial charge >= 0.3 is 0 Å². The van der Waals surface area contributed by atoms with E-state index in [0.717, 1.165) is 28.1 Å². The normalized spacial score (nSPS) is 10.8. The van der Waals surface area contributed by atoms with E-state index in [2.05, 4.69) is 32.7 Å². The third kappa shape index (κ3) is 5.24. The second-order valence-corrected chi connectivity index (χ2v) is 6.37. The second kappa shape index (κ2) is 8.02. The molecule has 0 aliphatic carbocycles. The predicted octanol–water partition coefficient (Wildman–Crippen LogP) is 4.47. The molecule has 0 fully saturated rings. The van der Waals surface area contributed by atoms with Crippen molar-refractivity contribution >= 4 is 38.9 Å². The zero-order chi connectivity index (χ0) is 13.5. The van der Waals surface area contributed by atoms with Gasteiger partial charge in [0, 0.05) is 32.8 Å². The van der Waals surface area contributed by atoms with Gasteiger partial charge < -0.3 is 10.1 Å². The SMILES string of the molecule is Clc1ccccc1COCCNCc1cc(Br)cs1. The number of hydrogen-bond donors (Lipinski definition) is 1. The number of halogens is 2. The first-order valence-corrected chi connectivity index (χ1v) is 8.05. The van der Waals surface area contributed by atoms with Gasteiger partial charge in [0.15, 0.2) is 0 Å². The molecule has 0 spiro atoms. The highest BCUT2D eigenvalue weighted by Crippen LogP contribution is 2.19. The fourth-order valence-corrected chi connectivity index (χ4v) is 3.21. The molecule has 0 amide bonds. The Balaban J connectivity index is 1.59. The molecule has 102 valence electrons. The monoisotopic (exact) mass is 359 g/mol. The fraction of sp³-hybridized carbons (Fsp3) is 0.286. The summed E-state index contributed by atoms with van der Waals surface area (Å²) in [6.45, 7) is 2.95. The van der Waals surface area contributed by atoms with E-state index in [9.17, 15) is 0 Å². The van der Waals surface area contributed by atoms with Crippen LogP contribution in [0, 0.1) is 0 Å². The van der Waals surface area contributed by atoms with Crippen LogP contribution in [0.3, 0.4) is 0 Å². The van der Waals surface area contributed by atoms with Crippen LogP contribution in [0.1, 0.15) is 10.4 Å². The van der Waals surface area contributed by atoms with E-state index in [4.69, 9.17) is 16.3 Å². The molecular formula is C14H15BrClNOS. The van der Waals surface area contributed by atoms with Crippen molar-refractivity contribution in [1.82, 2.24) is 5.32 Å². The van der Waals surface area contributed by atoms with Gasteiger partial charge in [-0.25, -0.2) is 0 Å². The van der Waals surface area contributed by atoms with Gasteiger partial charge in [-0.3, -0.25) is 0 Å². The van der Waals surface area contributed by atoms with Crippen molar-refractivity contribution < 1.29 is 4.74 Å². The topological polar surface area (TPSA) is 21.3 Å². The Bertz CT molecular complexity index is 518. The van der Waals surface area contributed by atoms with Crippen molar-refractivity contribution in [1.29, 1.82) is 0 Å². The molecule has 5 heteroatoms. The van der Waals surface area contributed by atoms with E-state index < -0.39 is 0 Å². The molecule has 1 heterocycles. The largest absolute Gasteiger partial charge is 0.375 e. The summed E-state index contributed by atoms with van der Waals surface area (Å²) in [6.07, 6.45) is 0. The number of ether oxygens (including phenoxy) is 1. The standard InChI is InChI=1S/C14H15BrClNOS/c15-12-7-13(19-10-12)8-17-5-6-18-9-11-3-1-2-4-14(11)16/h1-4,7,10,17H,5-6,8-9H2. The van der Waals surface area contributed by atoms with Crippen LogP contribution in [0.4, 0.5) is 0 Å². The first kappa shape index (κ1) is 15.0. The van der Waals surface area contributed by atoms with E-state index in [-0.39, 0.29) is 0 Å². The van der Waals surface area contributed by atoms with Crippen LogP contribution in [-0.2, 0) is 17.9 Å². The Morgan fingerprint density at radius 1 is 1.32 bits per heavy atom. The average molecular weight is 361 g/mol. The minimum absolute atomic E-state index is 0.561. The number of benzene rings is 1. The minimum Gasteiger partial charge on any atom is -0.375 e. The van der Waals surface area contributed by atoms with Gasteiger partial charge in [0.1, 0.15) is 0 Å². The number of rotatable bonds is 7. The van der Waals surface area contributed by atoms with Gasteiger partial charge in [-0.2, -0.15) is 0 Å². The van der Waals surface area contributed by atoms with Crippen molar-refractivity contribution in [3.63, 3.8) is 0 Å².